The Morgan fingerprint density at radius 3 is 3.04 bits per heavy atom. The second-order valence-electron chi connectivity index (χ2n) is 6.22. The molecule has 2 aliphatic heterocycles. The molecule has 4 rings (SSSR count). The highest BCUT2D eigenvalue weighted by Crippen LogP contribution is 2.43. The van der Waals surface area contributed by atoms with Gasteiger partial charge in [-0.1, -0.05) is 35.3 Å². The van der Waals surface area contributed by atoms with Crippen LogP contribution in [0.4, 0.5) is 0 Å². The highest BCUT2D eigenvalue weighted by molar-refractivity contribution is 8.01. The standard InChI is InChI=1S/C15H13N5O3S4/c16-2-6-1-8(6)11(24)18-9-12(21)20-10(14(22)23)7(3-25-13(9)20)4-26-15-19-17-5-27-15/h5-6,8-9,13H,1,3-4H2,(H,18,24)(H,22,23)/t6-,8+,9?,13+/m1/s1. The van der Waals surface area contributed by atoms with Crippen LogP contribution >= 0.6 is 47.1 Å². The number of amides is 1. The Hall–Kier alpha value is -1.68. The molecule has 3 heterocycles. The first-order valence-electron chi connectivity index (χ1n) is 8.00. The lowest BCUT2D eigenvalue weighted by Gasteiger charge is -2.49. The molecule has 1 saturated heterocycles. The number of nitriles is 1. The van der Waals surface area contributed by atoms with Crippen LogP contribution in [0.3, 0.4) is 0 Å². The zero-order valence-corrected chi connectivity index (χ0v) is 17.0. The fraction of sp³-hybridized carbons (Fsp3) is 0.467. The lowest BCUT2D eigenvalue weighted by molar-refractivity contribution is -0.148. The first kappa shape index (κ1) is 18.7. The quantitative estimate of drug-likeness (QED) is 0.382. The van der Waals surface area contributed by atoms with E-state index in [1.165, 1.54) is 39.8 Å². The summed E-state index contributed by atoms with van der Waals surface area (Å²) in [5, 5.41) is 29.0. The minimum Gasteiger partial charge on any atom is -0.477 e. The zero-order valence-electron chi connectivity index (χ0n) is 13.7. The molecule has 4 atom stereocenters. The van der Waals surface area contributed by atoms with Crippen molar-refractivity contribution in [1.29, 1.82) is 5.26 Å². The van der Waals surface area contributed by atoms with Gasteiger partial charge in [0, 0.05) is 17.4 Å². The molecule has 3 aliphatic rings. The smallest absolute Gasteiger partial charge is 0.352 e. The molecular weight excluding hydrogens is 426 g/mol. The molecule has 2 fully saturated rings. The van der Waals surface area contributed by atoms with Gasteiger partial charge in [-0.05, 0) is 12.0 Å². The van der Waals surface area contributed by atoms with Crippen LogP contribution in [0.5, 0.6) is 0 Å². The molecule has 2 N–H and O–H groups in total. The van der Waals surface area contributed by atoms with Crippen LogP contribution < -0.4 is 5.32 Å². The van der Waals surface area contributed by atoms with Gasteiger partial charge in [-0.15, -0.1) is 22.0 Å². The van der Waals surface area contributed by atoms with E-state index >= 15 is 0 Å². The van der Waals surface area contributed by atoms with Gasteiger partial charge >= 0.3 is 5.97 Å². The summed E-state index contributed by atoms with van der Waals surface area (Å²) < 4.78 is 0.760. The molecular formula is C15H13N5O3S4. The number of hydrogen-bond donors (Lipinski definition) is 2. The molecule has 0 bridgehead atoms. The number of β-lactam (4-membered cyclic amide) rings is 1. The Kier molecular flexibility index (Phi) is 5.11. The van der Waals surface area contributed by atoms with Crippen LogP contribution in [0.25, 0.3) is 0 Å². The van der Waals surface area contributed by atoms with E-state index in [-0.39, 0.29) is 28.8 Å². The molecule has 8 nitrogen and oxygen atoms in total. The summed E-state index contributed by atoms with van der Waals surface area (Å²) in [6.07, 6.45) is 0.720. The van der Waals surface area contributed by atoms with Crippen molar-refractivity contribution in [3.05, 3.63) is 16.8 Å². The number of carbonyl (C=O) groups is 2. The number of carboxylic acid groups (broad SMARTS) is 1. The molecule has 1 amide bonds. The molecule has 1 aromatic heterocycles. The van der Waals surface area contributed by atoms with Gasteiger partial charge in [0.1, 0.15) is 22.6 Å². The number of aliphatic carboxylic acids is 1. The average Bonchev–Trinajstić information content (AvgIpc) is 3.28. The molecule has 140 valence electrons. The first-order chi connectivity index (χ1) is 13.0. The number of nitrogens with zero attached hydrogens (tertiary/aromatic N) is 4. The van der Waals surface area contributed by atoms with Crippen molar-refractivity contribution in [3.63, 3.8) is 0 Å². The largest absolute Gasteiger partial charge is 0.477 e. The number of nitrogens with one attached hydrogen (secondary N) is 1. The number of fused-ring (bicyclic) bond motifs is 1. The summed E-state index contributed by atoms with van der Waals surface area (Å²) in [5.41, 5.74) is 2.38. The van der Waals surface area contributed by atoms with Gasteiger partial charge in [0.15, 0.2) is 4.34 Å². The second kappa shape index (κ2) is 7.38. The topological polar surface area (TPSA) is 119 Å². The Morgan fingerprint density at radius 1 is 1.59 bits per heavy atom. The van der Waals surface area contributed by atoms with Gasteiger partial charge in [0.25, 0.3) is 5.91 Å². The molecule has 27 heavy (non-hydrogen) atoms. The number of thioether (sulfide) groups is 2. The molecule has 0 aromatic carbocycles. The fourth-order valence-electron chi connectivity index (χ4n) is 3.06. The SMILES string of the molecule is N#C[C@H]1C[C@@H]1C(=S)NC1C(=O)N2C(C(=O)O)=C(CSc3nncs3)CS[C@@H]12. The predicted molar refractivity (Wildman–Crippen MR) is 105 cm³/mol. The number of carbonyl (C=O) groups excluding carboxylic acids is 1. The number of hydrogen-bond acceptors (Lipinski definition) is 9. The van der Waals surface area contributed by atoms with Crippen LogP contribution in [0.15, 0.2) is 21.1 Å². The van der Waals surface area contributed by atoms with Crippen LogP contribution in [0, 0.1) is 23.2 Å². The third kappa shape index (κ3) is 3.44. The molecule has 1 saturated carbocycles. The van der Waals surface area contributed by atoms with E-state index in [9.17, 15) is 14.7 Å². The molecule has 0 spiro atoms. The summed E-state index contributed by atoms with van der Waals surface area (Å²) in [7, 11) is 0. The Bertz CT molecular complexity index is 881. The van der Waals surface area contributed by atoms with Crippen molar-refractivity contribution in [2.45, 2.75) is 22.2 Å². The van der Waals surface area contributed by atoms with E-state index in [0.717, 1.165) is 10.8 Å². The van der Waals surface area contributed by atoms with E-state index in [4.69, 9.17) is 17.5 Å². The molecule has 12 heteroatoms. The summed E-state index contributed by atoms with van der Waals surface area (Å²) >= 11 is 9.64. The van der Waals surface area contributed by atoms with E-state index in [0.29, 0.717) is 22.1 Å². The van der Waals surface area contributed by atoms with E-state index in [1.807, 2.05) is 0 Å². The van der Waals surface area contributed by atoms with Gasteiger partial charge in [0.05, 0.1) is 17.0 Å². The predicted octanol–water partition coefficient (Wildman–Crippen LogP) is 1.33. The fourth-order valence-corrected chi connectivity index (χ4v) is 6.42. The van der Waals surface area contributed by atoms with Crippen LogP contribution in [-0.4, -0.2) is 60.0 Å². The van der Waals surface area contributed by atoms with Crippen molar-refractivity contribution in [2.24, 2.45) is 11.8 Å². The van der Waals surface area contributed by atoms with Crippen molar-refractivity contribution in [3.8, 4) is 6.07 Å². The maximum absolute atomic E-state index is 12.6. The van der Waals surface area contributed by atoms with E-state index in [1.54, 1.807) is 5.51 Å². The summed E-state index contributed by atoms with van der Waals surface area (Å²) in [6, 6.07) is 1.64. The molecule has 1 aromatic rings. The van der Waals surface area contributed by atoms with Crippen molar-refractivity contribution in [2.75, 3.05) is 11.5 Å². The lowest BCUT2D eigenvalue weighted by atomic mass is 10.0. The van der Waals surface area contributed by atoms with Crippen LogP contribution in [0.1, 0.15) is 6.42 Å². The van der Waals surface area contributed by atoms with Crippen molar-refractivity contribution >= 4 is 63.9 Å². The van der Waals surface area contributed by atoms with E-state index < -0.39 is 12.0 Å². The maximum atomic E-state index is 12.6. The van der Waals surface area contributed by atoms with Crippen molar-refractivity contribution in [1.82, 2.24) is 20.4 Å². The summed E-state index contributed by atoms with van der Waals surface area (Å²) in [5.74, 6) is -0.490. The average molecular weight is 440 g/mol. The Balaban J connectivity index is 1.46. The van der Waals surface area contributed by atoms with Gasteiger partial charge in [-0.3, -0.25) is 9.69 Å². The normalized spacial score (nSPS) is 28.9. The van der Waals surface area contributed by atoms with Crippen LogP contribution in [0.2, 0.25) is 0 Å². The number of rotatable bonds is 6. The molecule has 1 aliphatic carbocycles. The third-order valence-electron chi connectivity index (χ3n) is 4.55. The van der Waals surface area contributed by atoms with Gasteiger partial charge in [-0.2, -0.15) is 5.26 Å². The van der Waals surface area contributed by atoms with Gasteiger partial charge in [0.2, 0.25) is 0 Å². The maximum Gasteiger partial charge on any atom is 0.352 e. The Labute approximate surface area is 172 Å². The minimum absolute atomic E-state index is 0.00814. The second-order valence-corrected chi connectivity index (χ2v) is 9.82. The van der Waals surface area contributed by atoms with Crippen molar-refractivity contribution < 1.29 is 14.7 Å². The third-order valence-corrected chi connectivity index (χ3v) is 8.26. The summed E-state index contributed by atoms with van der Waals surface area (Å²) in [4.78, 5) is 26.3. The first-order valence-corrected chi connectivity index (χ1v) is 11.3. The Morgan fingerprint density at radius 2 is 2.41 bits per heavy atom. The monoisotopic (exact) mass is 439 g/mol. The molecule has 0 radical (unpaired) electrons. The molecule has 1 unspecified atom stereocenters. The number of aromatic nitrogens is 2. The zero-order chi connectivity index (χ0) is 19.1. The van der Waals surface area contributed by atoms with Gasteiger partial charge < -0.3 is 10.4 Å². The number of carboxylic acids is 1. The van der Waals surface area contributed by atoms with Crippen LogP contribution in [-0.2, 0) is 9.59 Å². The lowest BCUT2D eigenvalue weighted by Crippen LogP contribution is -2.70. The van der Waals surface area contributed by atoms with E-state index in [2.05, 4.69) is 21.6 Å². The highest BCUT2D eigenvalue weighted by Gasteiger charge is 2.55. The van der Waals surface area contributed by atoms with Gasteiger partial charge in [-0.25, -0.2) is 4.79 Å². The minimum atomic E-state index is -1.10. The number of thiocarbonyl (C=S) groups is 1. The highest BCUT2D eigenvalue weighted by atomic mass is 32.2. The summed E-state index contributed by atoms with van der Waals surface area (Å²) in [6.45, 7) is 0.